The molecule has 1 aromatic rings. The molecular weight excluding hydrogens is 176 g/mol. The van der Waals surface area contributed by atoms with E-state index in [1.54, 1.807) is 19.3 Å². The molecular formula is C8H10O3S. The van der Waals surface area contributed by atoms with Crippen molar-refractivity contribution < 1.29 is 13.9 Å². The van der Waals surface area contributed by atoms with Gasteiger partial charge in [-0.25, -0.2) is 4.79 Å². The lowest BCUT2D eigenvalue weighted by atomic mass is 10.5. The molecule has 0 aliphatic carbocycles. The SMILES string of the molecule is CCOC(=O)Sc1ccoc1C. The fraction of sp³-hybridized carbons (Fsp3) is 0.375. The summed E-state index contributed by atoms with van der Waals surface area (Å²) in [6, 6.07) is 1.75. The molecule has 0 unspecified atom stereocenters. The van der Waals surface area contributed by atoms with Gasteiger partial charge in [-0.3, -0.25) is 0 Å². The third kappa shape index (κ3) is 2.30. The van der Waals surface area contributed by atoms with Gasteiger partial charge in [-0.1, -0.05) is 0 Å². The van der Waals surface area contributed by atoms with Crippen LogP contribution in [0.2, 0.25) is 0 Å². The van der Waals surface area contributed by atoms with Gasteiger partial charge in [-0.15, -0.1) is 0 Å². The maximum atomic E-state index is 11.0. The number of carbonyl (C=O) groups is 1. The first-order chi connectivity index (χ1) is 5.74. The highest BCUT2D eigenvalue weighted by Gasteiger charge is 2.08. The van der Waals surface area contributed by atoms with E-state index in [-0.39, 0.29) is 5.30 Å². The summed E-state index contributed by atoms with van der Waals surface area (Å²) in [6.07, 6.45) is 1.55. The molecule has 66 valence electrons. The molecule has 3 nitrogen and oxygen atoms in total. The average Bonchev–Trinajstić information content (AvgIpc) is 2.37. The first-order valence-corrected chi connectivity index (χ1v) is 4.44. The monoisotopic (exact) mass is 186 g/mol. The van der Waals surface area contributed by atoms with E-state index >= 15 is 0 Å². The number of furan rings is 1. The summed E-state index contributed by atoms with van der Waals surface area (Å²) < 4.78 is 9.77. The second kappa shape index (κ2) is 4.21. The lowest BCUT2D eigenvalue weighted by Crippen LogP contribution is -1.95. The molecule has 0 atom stereocenters. The smallest absolute Gasteiger partial charge is 0.372 e. The number of ether oxygens (including phenoxy) is 1. The predicted octanol–water partition coefficient (Wildman–Crippen LogP) is 2.84. The highest BCUT2D eigenvalue weighted by molar-refractivity contribution is 8.13. The zero-order valence-electron chi connectivity index (χ0n) is 6.99. The largest absolute Gasteiger partial charge is 0.468 e. The summed E-state index contributed by atoms with van der Waals surface area (Å²) in [6.45, 7) is 3.99. The summed E-state index contributed by atoms with van der Waals surface area (Å²) >= 11 is 1.05. The minimum atomic E-state index is -0.290. The van der Waals surface area contributed by atoms with Crippen LogP contribution in [0, 0.1) is 6.92 Å². The molecule has 0 fully saturated rings. The van der Waals surface area contributed by atoms with Crippen molar-refractivity contribution in [3.63, 3.8) is 0 Å². The molecule has 1 heterocycles. The molecule has 0 amide bonds. The van der Waals surface area contributed by atoms with E-state index in [4.69, 9.17) is 9.15 Å². The lowest BCUT2D eigenvalue weighted by Gasteiger charge is -1.98. The number of thioether (sulfide) groups is 1. The second-order valence-corrected chi connectivity index (χ2v) is 3.10. The van der Waals surface area contributed by atoms with E-state index < -0.39 is 0 Å². The standard InChI is InChI=1S/C8H10O3S/c1-3-10-8(9)12-7-4-5-11-6(7)2/h4-5H,3H2,1-2H3. The van der Waals surface area contributed by atoms with Crippen LogP contribution in [0.1, 0.15) is 12.7 Å². The quantitative estimate of drug-likeness (QED) is 0.526. The molecule has 0 N–H and O–H groups in total. The Kier molecular flexibility index (Phi) is 3.22. The van der Waals surface area contributed by atoms with Gasteiger partial charge in [-0.2, -0.15) is 0 Å². The summed E-state index contributed by atoms with van der Waals surface area (Å²) in [5.41, 5.74) is 0. The molecule has 0 bridgehead atoms. The van der Waals surface area contributed by atoms with E-state index in [0.717, 1.165) is 22.4 Å². The Morgan fingerprint density at radius 2 is 2.50 bits per heavy atom. The third-order valence-electron chi connectivity index (χ3n) is 1.27. The van der Waals surface area contributed by atoms with Crippen molar-refractivity contribution >= 4 is 17.1 Å². The molecule has 0 aromatic carbocycles. The topological polar surface area (TPSA) is 39.4 Å². The highest BCUT2D eigenvalue weighted by Crippen LogP contribution is 2.24. The van der Waals surface area contributed by atoms with Crippen LogP contribution in [0.25, 0.3) is 0 Å². The summed E-state index contributed by atoms with van der Waals surface area (Å²) in [4.78, 5) is 11.8. The van der Waals surface area contributed by atoms with Crippen LogP contribution >= 0.6 is 11.8 Å². The highest BCUT2D eigenvalue weighted by atomic mass is 32.2. The van der Waals surface area contributed by atoms with Crippen molar-refractivity contribution in [3.05, 3.63) is 18.1 Å². The Hall–Kier alpha value is -0.900. The van der Waals surface area contributed by atoms with Crippen LogP contribution in [0.5, 0.6) is 0 Å². The van der Waals surface area contributed by atoms with Gasteiger partial charge >= 0.3 is 5.30 Å². The molecule has 1 rings (SSSR count). The van der Waals surface area contributed by atoms with Gasteiger partial charge in [0.25, 0.3) is 0 Å². The zero-order chi connectivity index (χ0) is 8.97. The first-order valence-electron chi connectivity index (χ1n) is 3.62. The van der Waals surface area contributed by atoms with Crippen molar-refractivity contribution in [2.45, 2.75) is 18.7 Å². The molecule has 12 heavy (non-hydrogen) atoms. The van der Waals surface area contributed by atoms with E-state index in [1.807, 2.05) is 6.92 Å². The Morgan fingerprint density at radius 3 is 3.00 bits per heavy atom. The van der Waals surface area contributed by atoms with Crippen LogP contribution in [0.15, 0.2) is 21.6 Å². The summed E-state index contributed by atoms with van der Waals surface area (Å²) in [5.74, 6) is 0.744. The number of hydrogen-bond donors (Lipinski definition) is 0. The Balaban J connectivity index is 2.52. The lowest BCUT2D eigenvalue weighted by molar-refractivity contribution is 0.181. The van der Waals surface area contributed by atoms with Crippen molar-refractivity contribution in [2.75, 3.05) is 6.61 Å². The maximum absolute atomic E-state index is 11.0. The van der Waals surface area contributed by atoms with Gasteiger partial charge in [0.2, 0.25) is 0 Å². The minimum Gasteiger partial charge on any atom is -0.468 e. The zero-order valence-corrected chi connectivity index (χ0v) is 7.81. The van der Waals surface area contributed by atoms with Crippen LogP contribution in [-0.4, -0.2) is 11.9 Å². The predicted molar refractivity (Wildman–Crippen MR) is 46.3 cm³/mol. The number of rotatable bonds is 2. The van der Waals surface area contributed by atoms with Crippen LogP contribution in [0.4, 0.5) is 4.79 Å². The van der Waals surface area contributed by atoms with Gasteiger partial charge < -0.3 is 9.15 Å². The number of carbonyl (C=O) groups excluding carboxylic acids is 1. The Labute approximate surface area is 75.1 Å². The minimum absolute atomic E-state index is 0.290. The van der Waals surface area contributed by atoms with E-state index in [0.29, 0.717) is 6.61 Å². The van der Waals surface area contributed by atoms with Crippen LogP contribution in [-0.2, 0) is 4.74 Å². The fourth-order valence-corrected chi connectivity index (χ4v) is 1.39. The van der Waals surface area contributed by atoms with Crippen molar-refractivity contribution in [2.24, 2.45) is 0 Å². The van der Waals surface area contributed by atoms with Gasteiger partial charge in [-0.05, 0) is 31.7 Å². The number of hydrogen-bond acceptors (Lipinski definition) is 4. The second-order valence-electron chi connectivity index (χ2n) is 2.13. The molecule has 0 saturated carbocycles. The van der Waals surface area contributed by atoms with Gasteiger partial charge in [0, 0.05) is 0 Å². The molecule has 0 aliphatic rings. The molecule has 4 heteroatoms. The maximum Gasteiger partial charge on any atom is 0.372 e. The van der Waals surface area contributed by atoms with Gasteiger partial charge in [0.15, 0.2) is 0 Å². The number of aryl methyl sites for hydroxylation is 1. The van der Waals surface area contributed by atoms with E-state index in [9.17, 15) is 4.79 Å². The third-order valence-corrected chi connectivity index (χ3v) is 2.19. The fourth-order valence-electron chi connectivity index (χ4n) is 0.716. The van der Waals surface area contributed by atoms with Crippen molar-refractivity contribution in [3.8, 4) is 0 Å². The average molecular weight is 186 g/mol. The van der Waals surface area contributed by atoms with Crippen LogP contribution in [0.3, 0.4) is 0 Å². The van der Waals surface area contributed by atoms with Crippen molar-refractivity contribution in [1.29, 1.82) is 0 Å². The molecule has 1 aromatic heterocycles. The summed E-state index contributed by atoms with van der Waals surface area (Å²) in [5, 5.41) is -0.290. The normalized spacial score (nSPS) is 9.83. The summed E-state index contributed by atoms with van der Waals surface area (Å²) in [7, 11) is 0. The molecule has 0 saturated heterocycles. The molecule has 0 spiro atoms. The van der Waals surface area contributed by atoms with Gasteiger partial charge in [0.05, 0.1) is 17.8 Å². The molecule has 0 aliphatic heterocycles. The van der Waals surface area contributed by atoms with Gasteiger partial charge in [0.1, 0.15) is 5.76 Å². The van der Waals surface area contributed by atoms with Crippen molar-refractivity contribution in [1.82, 2.24) is 0 Å². The first kappa shape index (κ1) is 9.19. The van der Waals surface area contributed by atoms with E-state index in [1.165, 1.54) is 0 Å². The molecule has 0 radical (unpaired) electrons. The van der Waals surface area contributed by atoms with Crippen LogP contribution < -0.4 is 0 Å². The Morgan fingerprint density at radius 1 is 1.75 bits per heavy atom. The van der Waals surface area contributed by atoms with E-state index in [2.05, 4.69) is 0 Å². The Bertz CT molecular complexity index is 267.